The van der Waals surface area contributed by atoms with E-state index in [0.717, 1.165) is 4.57 Å². The van der Waals surface area contributed by atoms with E-state index in [0.29, 0.717) is 12.0 Å². The molecule has 0 radical (unpaired) electrons. The Labute approximate surface area is 120 Å². The van der Waals surface area contributed by atoms with Crippen LogP contribution in [0.5, 0.6) is 0 Å². The van der Waals surface area contributed by atoms with E-state index >= 15 is 0 Å². The lowest BCUT2D eigenvalue weighted by atomic mass is 10.1. The van der Waals surface area contributed by atoms with Gasteiger partial charge in [0.25, 0.3) is 0 Å². The standard InChI is InChI=1S/C12H20N4O5/c1-2-6(13)5-3-16(12(20)15-10(5)14)11-9(19)8(18)7(4-17)21-11/h3,6-9,11,17-19H,2,4,13H2,1H3,(H2,14,15,20)/t6?,7-,8-,9-,11-/m1/s1. The predicted molar refractivity (Wildman–Crippen MR) is 73.1 cm³/mol. The van der Waals surface area contributed by atoms with Gasteiger partial charge in [0.2, 0.25) is 0 Å². The molecule has 0 amide bonds. The molecule has 1 unspecified atom stereocenters. The van der Waals surface area contributed by atoms with Crippen LogP contribution in [0.15, 0.2) is 11.0 Å². The molecule has 0 saturated carbocycles. The molecule has 1 aromatic heterocycles. The van der Waals surface area contributed by atoms with Gasteiger partial charge >= 0.3 is 5.69 Å². The molecule has 5 atom stereocenters. The van der Waals surface area contributed by atoms with Crippen LogP contribution in [-0.2, 0) is 4.74 Å². The average molecular weight is 300 g/mol. The van der Waals surface area contributed by atoms with Crippen LogP contribution >= 0.6 is 0 Å². The van der Waals surface area contributed by atoms with Gasteiger partial charge in [0.15, 0.2) is 6.23 Å². The Morgan fingerprint density at radius 1 is 1.48 bits per heavy atom. The fourth-order valence-electron chi connectivity index (χ4n) is 2.29. The number of aliphatic hydroxyl groups excluding tert-OH is 3. The summed E-state index contributed by atoms with van der Waals surface area (Å²) in [6.45, 7) is 1.37. The van der Waals surface area contributed by atoms with Crippen LogP contribution in [0.1, 0.15) is 31.2 Å². The molecule has 118 valence electrons. The summed E-state index contributed by atoms with van der Waals surface area (Å²) in [4.78, 5) is 15.6. The monoisotopic (exact) mass is 300 g/mol. The van der Waals surface area contributed by atoms with Gasteiger partial charge < -0.3 is 31.5 Å². The van der Waals surface area contributed by atoms with E-state index in [2.05, 4.69) is 4.98 Å². The van der Waals surface area contributed by atoms with Gasteiger partial charge in [-0.2, -0.15) is 4.98 Å². The fraction of sp³-hybridized carbons (Fsp3) is 0.667. The van der Waals surface area contributed by atoms with Crippen molar-refractivity contribution in [2.75, 3.05) is 12.3 Å². The quantitative estimate of drug-likeness (QED) is 0.421. The number of hydrogen-bond donors (Lipinski definition) is 5. The molecule has 0 spiro atoms. The molecule has 2 heterocycles. The molecule has 9 nitrogen and oxygen atoms in total. The van der Waals surface area contributed by atoms with Gasteiger partial charge in [0, 0.05) is 17.8 Å². The SMILES string of the molecule is CCC(N)c1cn([C@@H]2O[C@H](CO)[C@@H](O)[C@H]2O)c(=O)nc1N. The molecule has 7 N–H and O–H groups in total. The minimum atomic E-state index is -1.36. The van der Waals surface area contributed by atoms with E-state index < -0.39 is 42.9 Å². The van der Waals surface area contributed by atoms with Crippen molar-refractivity contribution in [2.45, 2.75) is 43.9 Å². The van der Waals surface area contributed by atoms with Crippen LogP contribution in [0.3, 0.4) is 0 Å². The Balaban J connectivity index is 2.42. The number of nitrogens with zero attached hydrogens (tertiary/aromatic N) is 2. The van der Waals surface area contributed by atoms with Gasteiger partial charge in [-0.15, -0.1) is 0 Å². The number of anilines is 1. The van der Waals surface area contributed by atoms with E-state index in [1.165, 1.54) is 6.20 Å². The van der Waals surface area contributed by atoms with Crippen LogP contribution in [0.2, 0.25) is 0 Å². The largest absolute Gasteiger partial charge is 0.394 e. The maximum atomic E-state index is 11.9. The van der Waals surface area contributed by atoms with E-state index in [1.807, 2.05) is 6.92 Å². The normalized spacial score (nSPS) is 30.5. The van der Waals surface area contributed by atoms with E-state index in [-0.39, 0.29) is 5.82 Å². The summed E-state index contributed by atoms with van der Waals surface area (Å²) in [6, 6.07) is -0.415. The van der Waals surface area contributed by atoms with Gasteiger partial charge in [0.05, 0.1) is 6.61 Å². The molecule has 9 heteroatoms. The zero-order chi connectivity index (χ0) is 15.7. The van der Waals surface area contributed by atoms with Crippen LogP contribution in [0.4, 0.5) is 5.82 Å². The second kappa shape index (κ2) is 6.08. The number of nitrogen functional groups attached to an aromatic ring is 1. The molecular weight excluding hydrogens is 280 g/mol. The topological polar surface area (TPSA) is 157 Å². The van der Waals surface area contributed by atoms with Crippen LogP contribution in [-0.4, -0.2) is 49.8 Å². The third-order valence-corrected chi connectivity index (χ3v) is 3.64. The maximum absolute atomic E-state index is 11.9. The molecule has 21 heavy (non-hydrogen) atoms. The first-order valence-electron chi connectivity index (χ1n) is 6.67. The van der Waals surface area contributed by atoms with Gasteiger partial charge in [0.1, 0.15) is 24.1 Å². The third kappa shape index (κ3) is 2.78. The summed E-state index contributed by atoms with van der Waals surface area (Å²) < 4.78 is 6.33. The molecule has 1 aliphatic heterocycles. The molecule has 0 aliphatic carbocycles. The van der Waals surface area contributed by atoms with Crippen LogP contribution in [0, 0.1) is 0 Å². The van der Waals surface area contributed by atoms with Gasteiger partial charge in [-0.25, -0.2) is 4.79 Å². The van der Waals surface area contributed by atoms with Crippen molar-refractivity contribution >= 4 is 5.82 Å². The number of aromatic nitrogens is 2. The van der Waals surface area contributed by atoms with Crippen LogP contribution < -0.4 is 17.2 Å². The fourth-order valence-corrected chi connectivity index (χ4v) is 2.29. The Bertz CT molecular complexity index is 563. The zero-order valence-corrected chi connectivity index (χ0v) is 11.6. The highest BCUT2D eigenvalue weighted by atomic mass is 16.6. The van der Waals surface area contributed by atoms with Gasteiger partial charge in [-0.3, -0.25) is 4.57 Å². The smallest absolute Gasteiger partial charge is 0.351 e. The molecule has 1 fully saturated rings. The van der Waals surface area contributed by atoms with E-state index in [9.17, 15) is 15.0 Å². The van der Waals surface area contributed by atoms with Crippen molar-refractivity contribution in [2.24, 2.45) is 5.73 Å². The van der Waals surface area contributed by atoms with Gasteiger partial charge in [-0.05, 0) is 6.42 Å². The molecule has 1 saturated heterocycles. The number of rotatable bonds is 4. The number of nitrogens with two attached hydrogens (primary N) is 2. The van der Waals surface area contributed by atoms with Crippen molar-refractivity contribution in [1.82, 2.24) is 9.55 Å². The molecule has 0 bridgehead atoms. The molecule has 0 aromatic carbocycles. The highest BCUT2D eigenvalue weighted by Gasteiger charge is 2.44. The lowest BCUT2D eigenvalue weighted by Crippen LogP contribution is -2.36. The minimum Gasteiger partial charge on any atom is -0.394 e. The number of ether oxygens (including phenoxy) is 1. The Morgan fingerprint density at radius 2 is 2.14 bits per heavy atom. The first-order valence-corrected chi connectivity index (χ1v) is 6.67. The zero-order valence-electron chi connectivity index (χ0n) is 11.6. The first-order chi connectivity index (χ1) is 9.90. The Hall–Kier alpha value is -1.52. The number of hydrogen-bond acceptors (Lipinski definition) is 8. The van der Waals surface area contributed by atoms with E-state index in [1.54, 1.807) is 0 Å². The van der Waals surface area contributed by atoms with Gasteiger partial charge in [-0.1, -0.05) is 6.92 Å². The van der Waals surface area contributed by atoms with Crippen molar-refractivity contribution in [3.8, 4) is 0 Å². The van der Waals surface area contributed by atoms with E-state index in [4.69, 9.17) is 21.3 Å². The summed E-state index contributed by atoms with van der Waals surface area (Å²) in [5.41, 5.74) is 11.3. The average Bonchev–Trinajstić information content (AvgIpc) is 2.74. The summed E-state index contributed by atoms with van der Waals surface area (Å²) in [7, 11) is 0. The van der Waals surface area contributed by atoms with Crippen LogP contribution in [0.25, 0.3) is 0 Å². The highest BCUT2D eigenvalue weighted by molar-refractivity contribution is 5.39. The Morgan fingerprint density at radius 3 is 2.67 bits per heavy atom. The highest BCUT2D eigenvalue weighted by Crippen LogP contribution is 2.29. The number of aliphatic hydroxyl groups is 3. The van der Waals surface area contributed by atoms with Crippen molar-refractivity contribution in [3.63, 3.8) is 0 Å². The summed E-state index contributed by atoms with van der Waals surface area (Å²) in [5, 5.41) is 28.8. The molecule has 1 aliphatic rings. The molecular formula is C12H20N4O5. The Kier molecular flexibility index (Phi) is 4.59. The van der Waals surface area contributed by atoms with Crippen molar-refractivity contribution < 1.29 is 20.1 Å². The lowest BCUT2D eigenvalue weighted by Gasteiger charge is -2.20. The molecule has 2 rings (SSSR count). The second-order valence-electron chi connectivity index (χ2n) is 5.01. The summed E-state index contributed by atoms with van der Waals surface area (Å²) in [5.74, 6) is 0.0253. The minimum absolute atomic E-state index is 0.0253. The van der Waals surface area contributed by atoms with Crippen molar-refractivity contribution in [3.05, 3.63) is 22.2 Å². The second-order valence-corrected chi connectivity index (χ2v) is 5.01. The summed E-state index contributed by atoms with van der Waals surface area (Å²) >= 11 is 0. The lowest BCUT2D eigenvalue weighted by molar-refractivity contribution is -0.0550. The first kappa shape index (κ1) is 15.9. The third-order valence-electron chi connectivity index (χ3n) is 3.64. The van der Waals surface area contributed by atoms with Crippen molar-refractivity contribution in [1.29, 1.82) is 0 Å². The molecule has 1 aromatic rings. The maximum Gasteiger partial charge on any atom is 0.351 e. The summed E-state index contributed by atoms with van der Waals surface area (Å²) in [6.07, 6.45) is -2.83. The predicted octanol–water partition coefficient (Wildman–Crippen LogP) is -2.15.